The quantitative estimate of drug-likeness (QED) is 0.475. The van der Waals surface area contributed by atoms with Crippen LogP contribution in [-0.2, 0) is 4.74 Å². The molecule has 1 fully saturated rings. The summed E-state index contributed by atoms with van der Waals surface area (Å²) in [5.74, 6) is 0. The van der Waals surface area contributed by atoms with Crippen LogP contribution in [0.5, 0.6) is 0 Å². The van der Waals surface area contributed by atoms with E-state index in [0.717, 1.165) is 0 Å². The van der Waals surface area contributed by atoms with Gasteiger partial charge in [-0.05, 0) is 20.8 Å². The van der Waals surface area contributed by atoms with Gasteiger partial charge in [0.25, 0.3) is 0 Å². The van der Waals surface area contributed by atoms with Gasteiger partial charge in [0.2, 0.25) is 0 Å². The molecule has 2 atom stereocenters. The number of alkyl carbamates (subject to hydrolysis) is 1. The van der Waals surface area contributed by atoms with Crippen molar-refractivity contribution in [1.82, 2.24) is 10.6 Å². The fraction of sp³-hybridized carbons (Fsp3) is 0.900. The monoisotopic (exact) mass is 232 g/mol. The van der Waals surface area contributed by atoms with Gasteiger partial charge in [-0.2, -0.15) is 0 Å². The molecule has 1 saturated heterocycles. The Morgan fingerprint density at radius 3 is 2.25 bits per heavy atom. The van der Waals surface area contributed by atoms with Gasteiger partial charge in [0.15, 0.2) is 0 Å². The van der Waals surface area contributed by atoms with Gasteiger partial charge in [-0.1, -0.05) is 0 Å². The summed E-state index contributed by atoms with van der Waals surface area (Å²) in [7, 11) is 0. The number of aliphatic hydroxyl groups is 2. The predicted molar refractivity (Wildman–Crippen MR) is 58.0 cm³/mol. The van der Waals surface area contributed by atoms with Crippen molar-refractivity contribution >= 4 is 6.09 Å². The van der Waals surface area contributed by atoms with Gasteiger partial charge >= 0.3 is 6.09 Å². The van der Waals surface area contributed by atoms with Crippen molar-refractivity contribution in [3.63, 3.8) is 0 Å². The number of piperidine rings is 1. The first-order valence-electron chi connectivity index (χ1n) is 5.36. The lowest BCUT2D eigenvalue weighted by Crippen LogP contribution is -2.61. The van der Waals surface area contributed by atoms with Gasteiger partial charge in [-0.3, -0.25) is 0 Å². The molecule has 0 aliphatic carbocycles. The Morgan fingerprint density at radius 2 is 1.81 bits per heavy atom. The van der Waals surface area contributed by atoms with Gasteiger partial charge < -0.3 is 25.6 Å². The Balaban J connectivity index is 2.48. The molecular weight excluding hydrogens is 212 g/mol. The van der Waals surface area contributed by atoms with Gasteiger partial charge in [0.1, 0.15) is 5.60 Å². The van der Waals surface area contributed by atoms with Crippen LogP contribution in [0.2, 0.25) is 0 Å². The molecule has 2 unspecified atom stereocenters. The standard InChI is InChI=1S/C10H20N2O4/c1-10(2,3)16-9(15)12-8-6(13)4-11-5-7(8)14/h6-8,11,13-14H,4-5H2,1-3H3,(H,12,15). The molecule has 0 saturated carbocycles. The summed E-state index contributed by atoms with van der Waals surface area (Å²) in [6.45, 7) is 5.95. The van der Waals surface area contributed by atoms with Crippen molar-refractivity contribution in [2.75, 3.05) is 13.1 Å². The number of aliphatic hydroxyl groups excluding tert-OH is 2. The Bertz CT molecular complexity index is 242. The molecule has 1 rings (SSSR count). The number of β-amino-alcohol motifs (C(OH)–C–C–N with tert-alkyl or cyclic N) is 2. The van der Waals surface area contributed by atoms with Crippen LogP contribution in [0.4, 0.5) is 4.79 Å². The van der Waals surface area contributed by atoms with Gasteiger partial charge in [0, 0.05) is 13.1 Å². The Kier molecular flexibility index (Phi) is 4.12. The molecule has 16 heavy (non-hydrogen) atoms. The Morgan fingerprint density at radius 1 is 1.31 bits per heavy atom. The van der Waals surface area contributed by atoms with E-state index in [1.54, 1.807) is 20.8 Å². The molecule has 1 heterocycles. The van der Waals surface area contributed by atoms with E-state index in [2.05, 4.69) is 10.6 Å². The molecular formula is C10H20N2O4. The summed E-state index contributed by atoms with van der Waals surface area (Å²) < 4.78 is 5.04. The van der Waals surface area contributed by atoms with Crippen molar-refractivity contribution < 1.29 is 19.7 Å². The first-order chi connectivity index (χ1) is 7.29. The SMILES string of the molecule is CC(C)(C)OC(=O)NC1C(O)CNCC1O. The molecule has 0 aromatic heterocycles. The minimum atomic E-state index is -0.809. The summed E-state index contributed by atoms with van der Waals surface area (Å²) in [4.78, 5) is 11.4. The number of rotatable bonds is 1. The lowest BCUT2D eigenvalue weighted by atomic mass is 10.0. The molecule has 1 amide bonds. The smallest absolute Gasteiger partial charge is 0.408 e. The zero-order valence-electron chi connectivity index (χ0n) is 9.86. The molecule has 6 nitrogen and oxygen atoms in total. The Labute approximate surface area is 95.0 Å². The van der Waals surface area contributed by atoms with Crippen LogP contribution < -0.4 is 10.6 Å². The van der Waals surface area contributed by atoms with Crippen molar-refractivity contribution in [1.29, 1.82) is 0 Å². The van der Waals surface area contributed by atoms with Crippen molar-refractivity contribution in [2.24, 2.45) is 0 Å². The topological polar surface area (TPSA) is 90.8 Å². The second-order valence-corrected chi connectivity index (χ2v) is 4.96. The highest BCUT2D eigenvalue weighted by atomic mass is 16.6. The van der Waals surface area contributed by atoms with E-state index in [4.69, 9.17) is 4.74 Å². The second-order valence-electron chi connectivity index (χ2n) is 4.96. The van der Waals surface area contributed by atoms with E-state index < -0.39 is 29.9 Å². The largest absolute Gasteiger partial charge is 0.444 e. The zero-order valence-corrected chi connectivity index (χ0v) is 9.86. The summed E-state index contributed by atoms with van der Waals surface area (Å²) in [6.07, 6.45) is -2.25. The first kappa shape index (κ1) is 13.2. The van der Waals surface area contributed by atoms with Crippen molar-refractivity contribution in [3.05, 3.63) is 0 Å². The van der Waals surface area contributed by atoms with E-state index in [1.807, 2.05) is 0 Å². The van der Waals surface area contributed by atoms with Crippen LogP contribution in [-0.4, -0.2) is 53.2 Å². The molecule has 1 aliphatic rings. The van der Waals surface area contributed by atoms with Gasteiger partial charge in [-0.15, -0.1) is 0 Å². The van der Waals surface area contributed by atoms with E-state index in [1.165, 1.54) is 0 Å². The highest BCUT2D eigenvalue weighted by molar-refractivity contribution is 5.68. The van der Waals surface area contributed by atoms with Crippen LogP contribution in [0.1, 0.15) is 20.8 Å². The lowest BCUT2D eigenvalue weighted by Gasteiger charge is -2.33. The average Bonchev–Trinajstić information content (AvgIpc) is 2.08. The Hall–Kier alpha value is -0.850. The molecule has 0 radical (unpaired) electrons. The fourth-order valence-electron chi connectivity index (χ4n) is 1.53. The number of carbonyl (C=O) groups is 1. The zero-order chi connectivity index (χ0) is 12.3. The van der Waals surface area contributed by atoms with Crippen molar-refractivity contribution in [2.45, 2.75) is 44.6 Å². The van der Waals surface area contributed by atoms with E-state index in [-0.39, 0.29) is 0 Å². The summed E-state index contributed by atoms with van der Waals surface area (Å²) in [5, 5.41) is 24.5. The molecule has 1 aliphatic heterocycles. The lowest BCUT2D eigenvalue weighted by molar-refractivity contribution is -0.000203. The van der Waals surface area contributed by atoms with E-state index >= 15 is 0 Å². The van der Waals surface area contributed by atoms with E-state index in [0.29, 0.717) is 13.1 Å². The maximum Gasteiger partial charge on any atom is 0.408 e. The van der Waals surface area contributed by atoms with Crippen LogP contribution in [0.15, 0.2) is 0 Å². The molecule has 0 aromatic rings. The van der Waals surface area contributed by atoms with Crippen LogP contribution in [0.3, 0.4) is 0 Å². The highest BCUT2D eigenvalue weighted by Crippen LogP contribution is 2.09. The summed E-state index contributed by atoms with van der Waals surface area (Å²) in [5.41, 5.74) is -0.590. The first-order valence-corrected chi connectivity index (χ1v) is 5.36. The highest BCUT2D eigenvalue weighted by Gasteiger charge is 2.33. The number of hydrogen-bond donors (Lipinski definition) is 4. The van der Waals surface area contributed by atoms with Crippen LogP contribution in [0.25, 0.3) is 0 Å². The number of amides is 1. The van der Waals surface area contributed by atoms with Crippen LogP contribution in [0, 0.1) is 0 Å². The fourth-order valence-corrected chi connectivity index (χ4v) is 1.53. The molecule has 0 bridgehead atoms. The molecule has 6 heteroatoms. The maximum absolute atomic E-state index is 11.4. The molecule has 94 valence electrons. The number of nitrogens with one attached hydrogen (secondary N) is 2. The summed E-state index contributed by atoms with van der Waals surface area (Å²) >= 11 is 0. The number of hydrogen-bond acceptors (Lipinski definition) is 5. The van der Waals surface area contributed by atoms with Crippen LogP contribution >= 0.6 is 0 Å². The molecule has 0 aromatic carbocycles. The summed E-state index contributed by atoms with van der Waals surface area (Å²) in [6, 6.07) is -0.684. The third kappa shape index (κ3) is 3.96. The van der Waals surface area contributed by atoms with Gasteiger partial charge in [-0.25, -0.2) is 4.79 Å². The van der Waals surface area contributed by atoms with E-state index in [9.17, 15) is 15.0 Å². The number of ether oxygens (including phenoxy) is 1. The third-order valence-corrected chi connectivity index (χ3v) is 2.22. The predicted octanol–water partition coefficient (Wildman–Crippen LogP) is -0.795. The van der Waals surface area contributed by atoms with Crippen molar-refractivity contribution in [3.8, 4) is 0 Å². The second kappa shape index (κ2) is 4.99. The molecule has 4 N–H and O–H groups in total. The van der Waals surface area contributed by atoms with Gasteiger partial charge in [0.05, 0.1) is 18.2 Å². The minimum Gasteiger partial charge on any atom is -0.444 e. The normalized spacial score (nSPS) is 30.9. The number of carbonyl (C=O) groups excluding carboxylic acids is 1. The minimum absolute atomic E-state index is 0.345. The molecule has 0 spiro atoms. The third-order valence-electron chi connectivity index (χ3n) is 2.22. The average molecular weight is 232 g/mol. The maximum atomic E-state index is 11.4.